The van der Waals surface area contributed by atoms with Gasteiger partial charge in [0.2, 0.25) is 10.0 Å². The summed E-state index contributed by atoms with van der Waals surface area (Å²) in [7, 11) is -3.95. The molecule has 24 heavy (non-hydrogen) atoms. The molecule has 5 nitrogen and oxygen atoms in total. The van der Waals surface area contributed by atoms with Crippen molar-refractivity contribution in [1.29, 1.82) is 0 Å². The number of rotatable bonds is 4. The molecule has 0 aliphatic carbocycles. The monoisotopic (exact) mass is 360 g/mol. The number of hydrogen-bond acceptors (Lipinski definition) is 4. The van der Waals surface area contributed by atoms with Crippen molar-refractivity contribution in [3.63, 3.8) is 0 Å². The standard InChI is InChI=1S/C16H22F2N2O3S/c17-13-4-5-16(15(18)11-13)24(21,22)20-7-2-6-19(8-9-20)12-14-3-1-10-23-14/h4-5,11,14H,1-3,6-10,12H2/t14-/m0/s1. The highest BCUT2D eigenvalue weighted by Crippen LogP contribution is 2.22. The fourth-order valence-corrected chi connectivity index (χ4v) is 4.78. The van der Waals surface area contributed by atoms with E-state index in [0.717, 1.165) is 44.7 Å². The van der Waals surface area contributed by atoms with E-state index >= 15 is 0 Å². The number of halogens is 2. The molecule has 0 aromatic heterocycles. The fourth-order valence-electron chi connectivity index (χ4n) is 3.27. The SMILES string of the molecule is O=S(=O)(c1ccc(F)cc1F)N1CCCN(C[C@@H]2CCCO2)CC1. The number of ether oxygens (including phenoxy) is 1. The highest BCUT2D eigenvalue weighted by molar-refractivity contribution is 7.89. The van der Waals surface area contributed by atoms with E-state index in [9.17, 15) is 17.2 Å². The van der Waals surface area contributed by atoms with Crippen LogP contribution in [0.3, 0.4) is 0 Å². The lowest BCUT2D eigenvalue weighted by molar-refractivity contribution is 0.0749. The summed E-state index contributed by atoms with van der Waals surface area (Å²) < 4.78 is 59.1. The minimum Gasteiger partial charge on any atom is -0.377 e. The van der Waals surface area contributed by atoms with Crippen LogP contribution in [-0.2, 0) is 14.8 Å². The zero-order valence-corrected chi connectivity index (χ0v) is 14.3. The Bertz CT molecular complexity index is 678. The Labute approximate surface area is 141 Å². The second kappa shape index (κ2) is 7.43. The van der Waals surface area contributed by atoms with Gasteiger partial charge >= 0.3 is 0 Å². The first kappa shape index (κ1) is 17.7. The Balaban J connectivity index is 1.68. The van der Waals surface area contributed by atoms with Crippen LogP contribution in [0, 0.1) is 11.6 Å². The van der Waals surface area contributed by atoms with E-state index in [1.54, 1.807) is 0 Å². The van der Waals surface area contributed by atoms with Crippen LogP contribution in [-0.4, -0.2) is 63.1 Å². The summed E-state index contributed by atoms with van der Waals surface area (Å²) in [5.41, 5.74) is 0. The van der Waals surface area contributed by atoms with Crippen LogP contribution in [0.2, 0.25) is 0 Å². The van der Waals surface area contributed by atoms with Crippen LogP contribution in [0.5, 0.6) is 0 Å². The second-order valence-electron chi connectivity index (χ2n) is 6.27. The third kappa shape index (κ3) is 3.93. The van der Waals surface area contributed by atoms with Crippen molar-refractivity contribution in [2.45, 2.75) is 30.3 Å². The first-order chi connectivity index (χ1) is 11.5. The summed E-state index contributed by atoms with van der Waals surface area (Å²) in [5, 5.41) is 0. The molecule has 3 rings (SSSR count). The molecule has 0 unspecified atom stereocenters. The van der Waals surface area contributed by atoms with E-state index in [2.05, 4.69) is 4.90 Å². The fraction of sp³-hybridized carbons (Fsp3) is 0.625. The van der Waals surface area contributed by atoms with Crippen molar-refractivity contribution in [2.75, 3.05) is 39.3 Å². The molecule has 2 fully saturated rings. The topological polar surface area (TPSA) is 49.9 Å². The van der Waals surface area contributed by atoms with Gasteiger partial charge in [-0.05, 0) is 37.9 Å². The maximum atomic E-state index is 13.9. The van der Waals surface area contributed by atoms with Gasteiger partial charge in [-0.3, -0.25) is 4.90 Å². The Morgan fingerprint density at radius 1 is 1.12 bits per heavy atom. The molecule has 0 bridgehead atoms. The number of benzene rings is 1. The molecule has 0 amide bonds. The molecule has 1 aromatic rings. The lowest BCUT2D eigenvalue weighted by atomic mass is 10.2. The van der Waals surface area contributed by atoms with Gasteiger partial charge in [0.05, 0.1) is 6.10 Å². The molecule has 134 valence electrons. The summed E-state index contributed by atoms with van der Waals surface area (Å²) in [4.78, 5) is 1.74. The van der Waals surface area contributed by atoms with Gasteiger partial charge in [-0.15, -0.1) is 0 Å². The molecule has 2 heterocycles. The van der Waals surface area contributed by atoms with Crippen molar-refractivity contribution in [1.82, 2.24) is 9.21 Å². The maximum absolute atomic E-state index is 13.9. The number of hydrogen-bond donors (Lipinski definition) is 0. The van der Waals surface area contributed by atoms with Gasteiger partial charge in [0.1, 0.15) is 16.5 Å². The normalized spacial score (nSPS) is 24.2. The van der Waals surface area contributed by atoms with Gasteiger partial charge in [-0.2, -0.15) is 4.31 Å². The molecule has 2 aliphatic heterocycles. The van der Waals surface area contributed by atoms with E-state index in [1.165, 1.54) is 4.31 Å². The Morgan fingerprint density at radius 2 is 1.96 bits per heavy atom. The van der Waals surface area contributed by atoms with Crippen molar-refractivity contribution in [3.8, 4) is 0 Å². The lowest BCUT2D eigenvalue weighted by Crippen LogP contribution is -2.37. The zero-order chi connectivity index (χ0) is 17.2. The lowest BCUT2D eigenvalue weighted by Gasteiger charge is -2.24. The van der Waals surface area contributed by atoms with Gasteiger partial charge in [0.15, 0.2) is 0 Å². The van der Waals surface area contributed by atoms with Crippen LogP contribution in [0.15, 0.2) is 23.1 Å². The largest absolute Gasteiger partial charge is 0.377 e. The average molecular weight is 360 g/mol. The number of nitrogens with zero attached hydrogens (tertiary/aromatic N) is 2. The minimum absolute atomic E-state index is 0.225. The van der Waals surface area contributed by atoms with Crippen molar-refractivity contribution < 1.29 is 21.9 Å². The predicted molar refractivity (Wildman–Crippen MR) is 85.1 cm³/mol. The molecule has 0 N–H and O–H groups in total. The summed E-state index contributed by atoms with van der Waals surface area (Å²) in [6, 6.07) is 2.57. The Kier molecular flexibility index (Phi) is 5.49. The molecule has 1 aromatic carbocycles. The van der Waals surface area contributed by atoms with Crippen molar-refractivity contribution in [2.24, 2.45) is 0 Å². The molecule has 0 radical (unpaired) electrons. The van der Waals surface area contributed by atoms with Crippen LogP contribution in [0.25, 0.3) is 0 Å². The number of sulfonamides is 1. The van der Waals surface area contributed by atoms with Gasteiger partial charge in [-0.25, -0.2) is 17.2 Å². The highest BCUT2D eigenvalue weighted by Gasteiger charge is 2.30. The van der Waals surface area contributed by atoms with Crippen LogP contribution in [0.1, 0.15) is 19.3 Å². The minimum atomic E-state index is -3.95. The van der Waals surface area contributed by atoms with E-state index in [1.807, 2.05) is 0 Å². The molecular formula is C16H22F2N2O3S. The average Bonchev–Trinajstić information content (AvgIpc) is 2.90. The van der Waals surface area contributed by atoms with E-state index in [0.29, 0.717) is 32.1 Å². The second-order valence-corrected chi connectivity index (χ2v) is 8.17. The smallest absolute Gasteiger partial charge is 0.246 e. The molecule has 2 saturated heterocycles. The van der Waals surface area contributed by atoms with Crippen molar-refractivity contribution in [3.05, 3.63) is 29.8 Å². The quantitative estimate of drug-likeness (QED) is 0.822. The Morgan fingerprint density at radius 3 is 2.67 bits per heavy atom. The third-order valence-corrected chi connectivity index (χ3v) is 6.48. The van der Waals surface area contributed by atoms with Gasteiger partial charge in [0.25, 0.3) is 0 Å². The van der Waals surface area contributed by atoms with Crippen molar-refractivity contribution >= 4 is 10.0 Å². The van der Waals surface area contributed by atoms with Crippen LogP contribution >= 0.6 is 0 Å². The molecule has 0 spiro atoms. The molecule has 0 saturated carbocycles. The zero-order valence-electron chi connectivity index (χ0n) is 13.5. The molecule has 2 aliphatic rings. The van der Waals surface area contributed by atoms with E-state index in [-0.39, 0.29) is 6.10 Å². The maximum Gasteiger partial charge on any atom is 0.246 e. The Hall–Kier alpha value is -1.09. The van der Waals surface area contributed by atoms with Crippen LogP contribution in [0.4, 0.5) is 8.78 Å². The van der Waals surface area contributed by atoms with Gasteiger partial charge in [-0.1, -0.05) is 0 Å². The highest BCUT2D eigenvalue weighted by atomic mass is 32.2. The molecule has 8 heteroatoms. The first-order valence-electron chi connectivity index (χ1n) is 8.26. The predicted octanol–water partition coefficient (Wildman–Crippen LogP) is 1.84. The first-order valence-corrected chi connectivity index (χ1v) is 9.70. The van der Waals surface area contributed by atoms with Gasteiger partial charge in [0, 0.05) is 38.9 Å². The van der Waals surface area contributed by atoms with E-state index < -0.39 is 26.6 Å². The summed E-state index contributed by atoms with van der Waals surface area (Å²) >= 11 is 0. The molecular weight excluding hydrogens is 338 g/mol. The van der Waals surface area contributed by atoms with Crippen LogP contribution < -0.4 is 0 Å². The summed E-state index contributed by atoms with van der Waals surface area (Å²) in [6.07, 6.45) is 3.01. The summed E-state index contributed by atoms with van der Waals surface area (Å²) in [5.74, 6) is -1.83. The summed E-state index contributed by atoms with van der Waals surface area (Å²) in [6.45, 7) is 3.61. The molecule has 1 atom stereocenters. The van der Waals surface area contributed by atoms with E-state index in [4.69, 9.17) is 4.74 Å². The third-order valence-electron chi connectivity index (χ3n) is 4.55. The van der Waals surface area contributed by atoms with Gasteiger partial charge < -0.3 is 4.74 Å².